The second kappa shape index (κ2) is 6.36. The lowest BCUT2D eigenvalue weighted by Gasteiger charge is -2.21. The van der Waals surface area contributed by atoms with Crippen molar-refractivity contribution in [2.24, 2.45) is 0 Å². The largest absolute Gasteiger partial charge is 0.374 e. The molecule has 0 bridgehead atoms. The molecule has 0 N–H and O–H groups in total. The van der Waals surface area contributed by atoms with Gasteiger partial charge in [-0.05, 0) is 18.4 Å². The van der Waals surface area contributed by atoms with Crippen molar-refractivity contribution >= 4 is 5.78 Å². The highest BCUT2D eigenvalue weighted by atomic mass is 16.5. The molecule has 1 fully saturated rings. The van der Waals surface area contributed by atoms with E-state index in [9.17, 15) is 4.79 Å². The first-order valence-corrected chi connectivity index (χ1v) is 5.32. The van der Waals surface area contributed by atoms with E-state index in [1.54, 1.807) is 6.08 Å². The highest BCUT2D eigenvalue weighted by Gasteiger charge is 2.18. The molecule has 0 atom stereocenters. The van der Waals surface area contributed by atoms with Crippen LogP contribution in [0.3, 0.4) is 0 Å². The summed E-state index contributed by atoms with van der Waals surface area (Å²) in [5.41, 5.74) is 0.937. The Morgan fingerprint density at radius 1 is 1.47 bits per heavy atom. The standard InChI is InChI=1S/C13H18O2/c1-3-4-5-11(2)10-15-13-8-6-12(14)7-9-13/h3-5,13H,1-2,6-10H2/b5-4-. The number of allylic oxidation sites excluding steroid dienone is 2. The van der Waals surface area contributed by atoms with Crippen LogP contribution in [0.1, 0.15) is 25.7 Å². The fraction of sp³-hybridized carbons (Fsp3) is 0.462. The van der Waals surface area contributed by atoms with Crippen molar-refractivity contribution in [3.63, 3.8) is 0 Å². The van der Waals surface area contributed by atoms with E-state index in [2.05, 4.69) is 13.2 Å². The molecule has 0 amide bonds. The second-order valence-electron chi connectivity index (χ2n) is 3.80. The molecule has 0 unspecified atom stereocenters. The number of ketones is 1. The molecule has 0 saturated heterocycles. The minimum atomic E-state index is 0.233. The Morgan fingerprint density at radius 2 is 2.13 bits per heavy atom. The summed E-state index contributed by atoms with van der Waals surface area (Å²) in [5, 5.41) is 0. The topological polar surface area (TPSA) is 26.3 Å². The van der Waals surface area contributed by atoms with Crippen molar-refractivity contribution in [2.45, 2.75) is 31.8 Å². The summed E-state index contributed by atoms with van der Waals surface area (Å²) in [7, 11) is 0. The summed E-state index contributed by atoms with van der Waals surface area (Å²) in [6.07, 6.45) is 8.73. The van der Waals surface area contributed by atoms with Crippen LogP contribution in [0, 0.1) is 0 Å². The minimum absolute atomic E-state index is 0.233. The number of carbonyl (C=O) groups excluding carboxylic acids is 1. The van der Waals surface area contributed by atoms with Crippen LogP contribution in [-0.4, -0.2) is 18.5 Å². The van der Waals surface area contributed by atoms with Gasteiger partial charge in [0.25, 0.3) is 0 Å². The van der Waals surface area contributed by atoms with Gasteiger partial charge in [0.2, 0.25) is 0 Å². The molecule has 0 aromatic carbocycles. The van der Waals surface area contributed by atoms with E-state index in [1.165, 1.54) is 0 Å². The maximum Gasteiger partial charge on any atom is 0.133 e. The number of ether oxygens (including phenoxy) is 1. The van der Waals surface area contributed by atoms with Crippen molar-refractivity contribution in [1.29, 1.82) is 0 Å². The average molecular weight is 206 g/mol. The smallest absolute Gasteiger partial charge is 0.133 e. The third-order valence-electron chi connectivity index (χ3n) is 2.46. The number of hydrogen-bond acceptors (Lipinski definition) is 2. The van der Waals surface area contributed by atoms with Gasteiger partial charge in [-0.15, -0.1) is 0 Å². The lowest BCUT2D eigenvalue weighted by Crippen LogP contribution is -2.22. The highest BCUT2D eigenvalue weighted by Crippen LogP contribution is 2.18. The summed E-state index contributed by atoms with van der Waals surface area (Å²) >= 11 is 0. The van der Waals surface area contributed by atoms with E-state index in [-0.39, 0.29) is 6.10 Å². The molecule has 1 rings (SSSR count). The van der Waals surface area contributed by atoms with E-state index >= 15 is 0 Å². The zero-order chi connectivity index (χ0) is 11.1. The molecule has 0 radical (unpaired) electrons. The van der Waals surface area contributed by atoms with Crippen LogP contribution in [0.25, 0.3) is 0 Å². The zero-order valence-corrected chi connectivity index (χ0v) is 9.08. The van der Waals surface area contributed by atoms with Crippen molar-refractivity contribution in [3.8, 4) is 0 Å². The molecule has 0 heterocycles. The summed E-state index contributed by atoms with van der Waals surface area (Å²) in [6.45, 7) is 7.99. The Kier molecular flexibility index (Phi) is 5.05. The maximum absolute atomic E-state index is 11.0. The lowest BCUT2D eigenvalue weighted by atomic mass is 9.96. The molecule has 0 spiro atoms. The van der Waals surface area contributed by atoms with Crippen LogP contribution in [0.15, 0.2) is 37.0 Å². The SMILES string of the molecule is C=C/C=C\C(=C)COC1CCC(=O)CC1. The Balaban J connectivity index is 2.19. The van der Waals surface area contributed by atoms with Gasteiger partial charge < -0.3 is 4.74 Å². The molecular weight excluding hydrogens is 188 g/mol. The van der Waals surface area contributed by atoms with Crippen LogP contribution in [0.5, 0.6) is 0 Å². The molecule has 0 aromatic heterocycles. The van der Waals surface area contributed by atoms with Gasteiger partial charge in [-0.2, -0.15) is 0 Å². The summed E-state index contributed by atoms with van der Waals surface area (Å²) in [6, 6.07) is 0. The predicted molar refractivity (Wildman–Crippen MR) is 61.7 cm³/mol. The van der Waals surface area contributed by atoms with Crippen LogP contribution in [-0.2, 0) is 9.53 Å². The van der Waals surface area contributed by atoms with Gasteiger partial charge in [0.15, 0.2) is 0 Å². The van der Waals surface area contributed by atoms with Crippen LogP contribution >= 0.6 is 0 Å². The third kappa shape index (κ3) is 4.75. The third-order valence-corrected chi connectivity index (χ3v) is 2.46. The van der Waals surface area contributed by atoms with Gasteiger partial charge in [-0.25, -0.2) is 0 Å². The molecule has 1 saturated carbocycles. The highest BCUT2D eigenvalue weighted by molar-refractivity contribution is 5.79. The Bertz CT molecular complexity index is 266. The van der Waals surface area contributed by atoms with E-state index in [0.29, 0.717) is 25.2 Å². The number of Topliss-reactive ketones (excluding diaryl/α,β-unsaturated/α-hetero) is 1. The van der Waals surface area contributed by atoms with E-state index in [4.69, 9.17) is 4.74 Å². The van der Waals surface area contributed by atoms with E-state index in [1.807, 2.05) is 12.2 Å². The van der Waals surface area contributed by atoms with Gasteiger partial charge in [-0.3, -0.25) is 4.79 Å². The fourth-order valence-electron chi connectivity index (χ4n) is 1.56. The van der Waals surface area contributed by atoms with Gasteiger partial charge >= 0.3 is 0 Å². The second-order valence-corrected chi connectivity index (χ2v) is 3.80. The first kappa shape index (κ1) is 11.9. The minimum Gasteiger partial charge on any atom is -0.374 e. The quantitative estimate of drug-likeness (QED) is 0.646. The van der Waals surface area contributed by atoms with Crippen molar-refractivity contribution < 1.29 is 9.53 Å². The first-order valence-electron chi connectivity index (χ1n) is 5.32. The maximum atomic E-state index is 11.0. The molecule has 1 aliphatic rings. The van der Waals surface area contributed by atoms with Crippen molar-refractivity contribution in [3.05, 3.63) is 37.0 Å². The predicted octanol–water partition coefficient (Wildman–Crippen LogP) is 2.81. The fourth-order valence-corrected chi connectivity index (χ4v) is 1.56. The molecule has 15 heavy (non-hydrogen) atoms. The molecule has 0 aliphatic heterocycles. The molecule has 82 valence electrons. The molecule has 0 aromatic rings. The Hall–Kier alpha value is -1.15. The van der Waals surface area contributed by atoms with E-state index < -0.39 is 0 Å². The summed E-state index contributed by atoms with van der Waals surface area (Å²) in [5.74, 6) is 0.361. The van der Waals surface area contributed by atoms with Crippen LogP contribution < -0.4 is 0 Å². The summed E-state index contributed by atoms with van der Waals surface area (Å²) < 4.78 is 5.65. The first-order chi connectivity index (χ1) is 7.22. The molecule has 2 heteroatoms. The zero-order valence-electron chi connectivity index (χ0n) is 9.08. The Morgan fingerprint density at radius 3 is 2.73 bits per heavy atom. The van der Waals surface area contributed by atoms with Gasteiger partial charge in [0.1, 0.15) is 5.78 Å². The average Bonchev–Trinajstić information content (AvgIpc) is 2.25. The van der Waals surface area contributed by atoms with Crippen molar-refractivity contribution in [1.82, 2.24) is 0 Å². The number of carbonyl (C=O) groups is 1. The normalized spacial score (nSPS) is 18.3. The van der Waals surface area contributed by atoms with Crippen LogP contribution in [0.4, 0.5) is 0 Å². The molecule has 1 aliphatic carbocycles. The van der Waals surface area contributed by atoms with Gasteiger partial charge in [0.05, 0.1) is 12.7 Å². The van der Waals surface area contributed by atoms with Crippen molar-refractivity contribution in [2.75, 3.05) is 6.61 Å². The van der Waals surface area contributed by atoms with E-state index in [0.717, 1.165) is 18.4 Å². The van der Waals surface area contributed by atoms with Gasteiger partial charge in [-0.1, -0.05) is 31.4 Å². The van der Waals surface area contributed by atoms with Gasteiger partial charge in [0, 0.05) is 12.8 Å². The number of rotatable bonds is 5. The Labute approximate surface area is 91.3 Å². The lowest BCUT2D eigenvalue weighted by molar-refractivity contribution is -0.122. The molecule has 2 nitrogen and oxygen atoms in total. The molecular formula is C13H18O2. The number of hydrogen-bond donors (Lipinski definition) is 0. The monoisotopic (exact) mass is 206 g/mol. The van der Waals surface area contributed by atoms with Crippen LogP contribution in [0.2, 0.25) is 0 Å². The summed E-state index contributed by atoms with van der Waals surface area (Å²) in [4.78, 5) is 11.0.